The third-order valence-corrected chi connectivity index (χ3v) is 5.38. The maximum Gasteiger partial charge on any atom is 0.273 e. The summed E-state index contributed by atoms with van der Waals surface area (Å²) in [5.41, 5.74) is 0.704. The number of ether oxygens (including phenoxy) is 1. The van der Waals surface area contributed by atoms with Gasteiger partial charge in [0, 0.05) is 24.9 Å². The first-order valence-electron chi connectivity index (χ1n) is 10.7. The molecule has 0 bridgehead atoms. The highest BCUT2D eigenvalue weighted by Crippen LogP contribution is 2.22. The lowest BCUT2D eigenvalue weighted by atomic mass is 9.89. The molecule has 160 valence electrons. The number of H-pyrrole nitrogens is 1. The van der Waals surface area contributed by atoms with Crippen LogP contribution in [0.2, 0.25) is 0 Å². The number of carbonyl (C=O) groups excluding carboxylic acids is 1. The number of benzene rings is 1. The quantitative estimate of drug-likeness (QED) is 0.462. The van der Waals surface area contributed by atoms with Crippen molar-refractivity contribution in [3.8, 4) is 17.1 Å². The second-order valence-electron chi connectivity index (χ2n) is 7.71. The summed E-state index contributed by atoms with van der Waals surface area (Å²) in [6.07, 6.45) is 9.28. The summed E-state index contributed by atoms with van der Waals surface area (Å²) in [6, 6.07) is 7.29. The molecule has 1 fully saturated rings. The van der Waals surface area contributed by atoms with Crippen molar-refractivity contribution >= 4 is 5.91 Å². The molecule has 1 saturated carbocycles. The lowest BCUT2D eigenvalue weighted by Gasteiger charge is -2.21. The Morgan fingerprint density at radius 2 is 1.97 bits per heavy atom. The molecule has 2 aromatic rings. The van der Waals surface area contributed by atoms with E-state index in [1.54, 1.807) is 6.08 Å². The lowest BCUT2D eigenvalue weighted by molar-refractivity contribution is -0.121. The highest BCUT2D eigenvalue weighted by Gasteiger charge is 2.15. The molecule has 7 heteroatoms. The maximum absolute atomic E-state index is 12.3. The molecule has 30 heavy (non-hydrogen) atoms. The van der Waals surface area contributed by atoms with Gasteiger partial charge in [-0.1, -0.05) is 25.3 Å². The van der Waals surface area contributed by atoms with Crippen molar-refractivity contribution in [3.05, 3.63) is 53.0 Å². The molecular formula is C23H30N4O3. The molecule has 7 nitrogen and oxygen atoms in total. The summed E-state index contributed by atoms with van der Waals surface area (Å²) in [7, 11) is 0. The lowest BCUT2D eigenvalue weighted by Crippen LogP contribution is -2.31. The monoisotopic (exact) mass is 410 g/mol. The van der Waals surface area contributed by atoms with Crippen LogP contribution < -0.4 is 15.6 Å². The van der Waals surface area contributed by atoms with Gasteiger partial charge in [-0.25, -0.2) is 0 Å². The number of carbonyl (C=O) groups is 1. The van der Waals surface area contributed by atoms with Crippen LogP contribution in [0.5, 0.6) is 5.75 Å². The number of nitrogens with zero attached hydrogens (tertiary/aromatic N) is 2. The Bertz CT molecular complexity index is 886. The van der Waals surface area contributed by atoms with E-state index in [2.05, 4.69) is 27.1 Å². The van der Waals surface area contributed by atoms with Gasteiger partial charge in [-0.2, -0.15) is 0 Å². The summed E-state index contributed by atoms with van der Waals surface area (Å²) in [5.74, 6) is 1.68. The van der Waals surface area contributed by atoms with E-state index < -0.39 is 0 Å². The molecule has 0 radical (unpaired) electrons. The van der Waals surface area contributed by atoms with Crippen molar-refractivity contribution in [3.63, 3.8) is 0 Å². The maximum atomic E-state index is 12.3. The molecule has 0 unspecified atom stereocenters. The number of hydrogen-bond donors (Lipinski definition) is 2. The average molecular weight is 411 g/mol. The Kier molecular flexibility index (Phi) is 8.18. The zero-order valence-corrected chi connectivity index (χ0v) is 17.4. The Labute approximate surface area is 177 Å². The zero-order chi connectivity index (χ0) is 21.2. The second kappa shape index (κ2) is 11.3. The van der Waals surface area contributed by atoms with Crippen molar-refractivity contribution in [2.24, 2.45) is 5.92 Å². The van der Waals surface area contributed by atoms with Crippen LogP contribution in [0.1, 0.15) is 50.6 Å². The number of aromatic amines is 1. The molecule has 0 aliphatic heterocycles. The SMILES string of the molecule is C=CCCOc1ccc(-c2nnc(CCC(=O)NCC3CCCCC3)c(=O)[nH]2)cc1. The van der Waals surface area contributed by atoms with Crippen LogP contribution in [-0.4, -0.2) is 34.2 Å². The van der Waals surface area contributed by atoms with E-state index in [4.69, 9.17) is 4.74 Å². The minimum absolute atomic E-state index is 0.0436. The molecule has 1 aliphatic carbocycles. The first-order chi connectivity index (χ1) is 14.7. The van der Waals surface area contributed by atoms with Gasteiger partial charge in [-0.3, -0.25) is 9.59 Å². The fourth-order valence-corrected chi connectivity index (χ4v) is 3.59. The molecule has 0 saturated heterocycles. The molecule has 1 aromatic heterocycles. The van der Waals surface area contributed by atoms with Crippen LogP contribution >= 0.6 is 0 Å². The van der Waals surface area contributed by atoms with Crippen molar-refractivity contribution in [1.82, 2.24) is 20.5 Å². The van der Waals surface area contributed by atoms with Gasteiger partial charge in [0.1, 0.15) is 11.4 Å². The van der Waals surface area contributed by atoms with E-state index in [0.29, 0.717) is 18.3 Å². The number of hydrogen-bond acceptors (Lipinski definition) is 5. The van der Waals surface area contributed by atoms with Gasteiger partial charge in [-0.05, 0) is 49.4 Å². The van der Waals surface area contributed by atoms with Gasteiger partial charge in [0.05, 0.1) is 6.61 Å². The van der Waals surface area contributed by atoms with E-state index in [9.17, 15) is 9.59 Å². The average Bonchev–Trinajstić information content (AvgIpc) is 2.78. The predicted octanol–water partition coefficient (Wildman–Crippen LogP) is 3.42. The molecule has 1 amide bonds. The number of amides is 1. The van der Waals surface area contributed by atoms with Gasteiger partial charge in [0.2, 0.25) is 5.91 Å². The fraction of sp³-hybridized carbons (Fsp3) is 0.478. The minimum atomic E-state index is -0.314. The number of aromatic nitrogens is 3. The standard InChI is InChI=1S/C23H30N4O3/c1-2-3-15-30-19-11-9-18(10-12-19)22-25-23(29)20(26-27-22)13-14-21(28)24-16-17-7-5-4-6-8-17/h2,9-12,17H,1,3-8,13-16H2,(H,24,28)(H,25,27,29). The normalized spacial score (nSPS) is 14.3. The third-order valence-electron chi connectivity index (χ3n) is 5.38. The Morgan fingerprint density at radius 1 is 1.20 bits per heavy atom. The van der Waals surface area contributed by atoms with E-state index in [0.717, 1.165) is 24.3 Å². The summed E-state index contributed by atoms with van der Waals surface area (Å²) in [4.78, 5) is 27.2. The Morgan fingerprint density at radius 3 is 2.67 bits per heavy atom. The predicted molar refractivity (Wildman–Crippen MR) is 116 cm³/mol. The number of nitrogens with one attached hydrogen (secondary N) is 2. The molecule has 1 heterocycles. The molecule has 2 N–H and O–H groups in total. The molecule has 0 spiro atoms. The molecule has 1 aliphatic rings. The summed E-state index contributed by atoms with van der Waals surface area (Å²) in [6.45, 7) is 4.96. The summed E-state index contributed by atoms with van der Waals surface area (Å²) in [5, 5.41) is 11.2. The van der Waals surface area contributed by atoms with Crippen molar-refractivity contribution in [2.75, 3.05) is 13.2 Å². The summed E-state index contributed by atoms with van der Waals surface area (Å²) >= 11 is 0. The molecule has 0 atom stereocenters. The second-order valence-corrected chi connectivity index (χ2v) is 7.71. The van der Waals surface area contributed by atoms with Crippen LogP contribution in [0.3, 0.4) is 0 Å². The molecular weight excluding hydrogens is 380 g/mol. The minimum Gasteiger partial charge on any atom is -0.493 e. The fourth-order valence-electron chi connectivity index (χ4n) is 3.59. The zero-order valence-electron chi connectivity index (χ0n) is 17.4. The van der Waals surface area contributed by atoms with Gasteiger partial charge in [-0.15, -0.1) is 16.8 Å². The van der Waals surface area contributed by atoms with Gasteiger partial charge in [0.25, 0.3) is 5.56 Å². The molecule has 3 rings (SSSR count). The van der Waals surface area contributed by atoms with Gasteiger partial charge >= 0.3 is 0 Å². The number of aryl methyl sites for hydroxylation is 1. The van der Waals surface area contributed by atoms with Gasteiger partial charge < -0.3 is 15.0 Å². The van der Waals surface area contributed by atoms with Crippen molar-refractivity contribution in [1.29, 1.82) is 0 Å². The van der Waals surface area contributed by atoms with Crippen LogP contribution in [0.4, 0.5) is 0 Å². The Hall–Kier alpha value is -2.96. The highest BCUT2D eigenvalue weighted by atomic mass is 16.5. The van der Waals surface area contributed by atoms with E-state index in [-0.39, 0.29) is 30.0 Å². The van der Waals surface area contributed by atoms with Crippen LogP contribution in [0, 0.1) is 5.92 Å². The number of rotatable bonds is 10. The van der Waals surface area contributed by atoms with E-state index in [1.165, 1.54) is 32.1 Å². The topological polar surface area (TPSA) is 97.0 Å². The van der Waals surface area contributed by atoms with Crippen LogP contribution in [-0.2, 0) is 11.2 Å². The largest absolute Gasteiger partial charge is 0.493 e. The highest BCUT2D eigenvalue weighted by molar-refractivity contribution is 5.76. The van der Waals surface area contributed by atoms with Crippen molar-refractivity contribution in [2.45, 2.75) is 51.4 Å². The van der Waals surface area contributed by atoms with Crippen LogP contribution in [0.15, 0.2) is 41.7 Å². The Balaban J connectivity index is 1.50. The smallest absolute Gasteiger partial charge is 0.273 e. The first kappa shape index (κ1) is 21.7. The van der Waals surface area contributed by atoms with Crippen molar-refractivity contribution < 1.29 is 9.53 Å². The first-order valence-corrected chi connectivity index (χ1v) is 10.7. The third kappa shape index (κ3) is 6.54. The molecule has 1 aromatic carbocycles. The summed E-state index contributed by atoms with van der Waals surface area (Å²) < 4.78 is 5.58. The van der Waals surface area contributed by atoms with Crippen LogP contribution in [0.25, 0.3) is 11.4 Å². The van der Waals surface area contributed by atoms with Gasteiger partial charge in [0.15, 0.2) is 5.82 Å². The van der Waals surface area contributed by atoms with E-state index >= 15 is 0 Å². The van der Waals surface area contributed by atoms with E-state index in [1.807, 2.05) is 24.3 Å².